The quantitative estimate of drug-likeness (QED) is 0.784. The average Bonchev–Trinajstić information content (AvgIpc) is 2.36. The van der Waals surface area contributed by atoms with Crippen molar-refractivity contribution in [3.8, 4) is 0 Å². The van der Waals surface area contributed by atoms with Crippen LogP contribution in [0.15, 0.2) is 18.2 Å². The molecule has 0 bridgehead atoms. The molecule has 1 atom stereocenters. The summed E-state index contributed by atoms with van der Waals surface area (Å²) >= 11 is 0. The molecule has 0 saturated heterocycles. The Labute approximate surface area is 109 Å². The van der Waals surface area contributed by atoms with E-state index in [1.54, 1.807) is 12.1 Å². The van der Waals surface area contributed by atoms with Crippen molar-refractivity contribution in [3.05, 3.63) is 29.6 Å². The van der Waals surface area contributed by atoms with Gasteiger partial charge in [0.15, 0.2) is 0 Å². The number of aliphatic hydroxyl groups is 1. The van der Waals surface area contributed by atoms with Gasteiger partial charge in [0.1, 0.15) is 5.82 Å². The van der Waals surface area contributed by atoms with E-state index in [0.717, 1.165) is 12.1 Å². The maximum Gasteiger partial charge on any atom is 0.146 e. The van der Waals surface area contributed by atoms with Gasteiger partial charge < -0.3 is 15.3 Å². The van der Waals surface area contributed by atoms with Gasteiger partial charge >= 0.3 is 0 Å². The van der Waals surface area contributed by atoms with E-state index in [9.17, 15) is 4.39 Å². The molecule has 0 fully saturated rings. The van der Waals surface area contributed by atoms with E-state index in [4.69, 9.17) is 5.11 Å². The van der Waals surface area contributed by atoms with Crippen LogP contribution in [-0.2, 0) is 0 Å². The maximum absolute atomic E-state index is 14.1. The van der Waals surface area contributed by atoms with Crippen LogP contribution < -0.4 is 10.2 Å². The normalized spacial score (nSPS) is 12.5. The van der Waals surface area contributed by atoms with Crippen LogP contribution >= 0.6 is 0 Å². The van der Waals surface area contributed by atoms with Crippen LogP contribution in [0.2, 0.25) is 0 Å². The molecule has 1 rings (SSSR count). The molecule has 0 heterocycles. The van der Waals surface area contributed by atoms with Crippen LogP contribution in [0.1, 0.15) is 32.4 Å². The lowest BCUT2D eigenvalue weighted by Gasteiger charge is -2.23. The zero-order valence-electron chi connectivity index (χ0n) is 11.4. The molecule has 0 saturated carbocycles. The minimum atomic E-state index is -0.229. The third-order valence-corrected chi connectivity index (χ3v) is 3.07. The maximum atomic E-state index is 14.1. The number of anilines is 1. The summed E-state index contributed by atoms with van der Waals surface area (Å²) in [4.78, 5) is 1.83. The van der Waals surface area contributed by atoms with Gasteiger partial charge in [-0.15, -0.1) is 0 Å². The summed E-state index contributed by atoms with van der Waals surface area (Å²) in [5.74, 6) is -0.229. The number of aliphatic hydroxyl groups excluding tert-OH is 1. The lowest BCUT2D eigenvalue weighted by atomic mass is 10.1. The Morgan fingerprint density at radius 1 is 1.39 bits per heavy atom. The summed E-state index contributed by atoms with van der Waals surface area (Å²) in [6.45, 7) is 8.02. The molecule has 1 unspecified atom stereocenters. The third kappa shape index (κ3) is 3.68. The Kier molecular flexibility index (Phi) is 6.09. The van der Waals surface area contributed by atoms with Gasteiger partial charge in [-0.25, -0.2) is 4.39 Å². The van der Waals surface area contributed by atoms with Crippen molar-refractivity contribution in [2.45, 2.75) is 26.8 Å². The molecule has 3 nitrogen and oxygen atoms in total. The first-order valence-electron chi connectivity index (χ1n) is 6.52. The van der Waals surface area contributed by atoms with Crippen LogP contribution in [0.25, 0.3) is 0 Å². The number of likely N-dealkylation sites (N-methyl/N-ethyl adjacent to an activating group) is 1. The summed E-state index contributed by atoms with van der Waals surface area (Å²) in [5.41, 5.74) is 1.50. The highest BCUT2D eigenvalue weighted by atomic mass is 19.1. The molecule has 1 aromatic carbocycles. The van der Waals surface area contributed by atoms with Gasteiger partial charge in [0.05, 0.1) is 12.3 Å². The van der Waals surface area contributed by atoms with Gasteiger partial charge in [-0.1, -0.05) is 13.0 Å². The molecule has 0 amide bonds. The number of rotatable bonds is 7. The van der Waals surface area contributed by atoms with Gasteiger partial charge in [-0.3, -0.25) is 0 Å². The number of hydrogen-bond acceptors (Lipinski definition) is 3. The SMILES string of the molecule is CCNC(C)c1ccc(N(CC)CCO)c(F)c1. The van der Waals surface area contributed by atoms with E-state index < -0.39 is 0 Å². The highest BCUT2D eigenvalue weighted by Crippen LogP contribution is 2.23. The Bertz CT molecular complexity index is 371. The zero-order valence-corrected chi connectivity index (χ0v) is 11.4. The van der Waals surface area contributed by atoms with E-state index in [2.05, 4.69) is 5.32 Å². The second-order valence-corrected chi connectivity index (χ2v) is 4.29. The molecule has 0 spiro atoms. The standard InChI is InChI=1S/C14H23FN2O/c1-4-16-11(3)12-6-7-14(13(15)10-12)17(5-2)8-9-18/h6-7,10-11,16,18H,4-5,8-9H2,1-3H3. The smallest absolute Gasteiger partial charge is 0.146 e. The third-order valence-electron chi connectivity index (χ3n) is 3.07. The molecule has 0 aliphatic rings. The minimum absolute atomic E-state index is 0.0306. The number of halogens is 1. The number of benzene rings is 1. The predicted molar refractivity (Wildman–Crippen MR) is 73.5 cm³/mol. The first-order valence-corrected chi connectivity index (χ1v) is 6.52. The molecular formula is C14H23FN2O. The molecular weight excluding hydrogens is 231 g/mol. The Hall–Kier alpha value is -1.13. The topological polar surface area (TPSA) is 35.5 Å². The summed E-state index contributed by atoms with van der Waals surface area (Å²) in [6, 6.07) is 5.44. The minimum Gasteiger partial charge on any atom is -0.395 e. The Morgan fingerprint density at radius 2 is 2.11 bits per heavy atom. The highest BCUT2D eigenvalue weighted by molar-refractivity contribution is 5.49. The molecule has 0 radical (unpaired) electrons. The van der Waals surface area contributed by atoms with Crippen LogP contribution in [-0.4, -0.2) is 31.3 Å². The van der Waals surface area contributed by atoms with Crippen molar-refractivity contribution < 1.29 is 9.50 Å². The lowest BCUT2D eigenvalue weighted by Crippen LogP contribution is -2.27. The van der Waals surface area contributed by atoms with Crippen LogP contribution in [0.3, 0.4) is 0 Å². The van der Waals surface area contributed by atoms with Crippen molar-refractivity contribution in [3.63, 3.8) is 0 Å². The second kappa shape index (κ2) is 7.34. The van der Waals surface area contributed by atoms with Crippen molar-refractivity contribution in [1.29, 1.82) is 0 Å². The van der Waals surface area contributed by atoms with Crippen LogP contribution in [0, 0.1) is 5.82 Å². The van der Waals surface area contributed by atoms with E-state index in [0.29, 0.717) is 18.8 Å². The van der Waals surface area contributed by atoms with E-state index in [1.807, 2.05) is 31.7 Å². The van der Waals surface area contributed by atoms with Gasteiger partial charge in [-0.2, -0.15) is 0 Å². The lowest BCUT2D eigenvalue weighted by molar-refractivity contribution is 0.302. The van der Waals surface area contributed by atoms with Gasteiger partial charge in [0.25, 0.3) is 0 Å². The molecule has 1 aromatic rings. The monoisotopic (exact) mass is 254 g/mol. The van der Waals surface area contributed by atoms with Gasteiger partial charge in [0.2, 0.25) is 0 Å². The largest absolute Gasteiger partial charge is 0.395 e. The van der Waals surface area contributed by atoms with E-state index >= 15 is 0 Å². The fourth-order valence-corrected chi connectivity index (χ4v) is 2.04. The van der Waals surface area contributed by atoms with E-state index in [1.165, 1.54) is 0 Å². The molecule has 0 aliphatic heterocycles. The molecule has 2 N–H and O–H groups in total. The molecule has 0 aliphatic carbocycles. The summed E-state index contributed by atoms with van der Waals surface area (Å²) in [6.07, 6.45) is 0. The zero-order chi connectivity index (χ0) is 13.5. The van der Waals surface area contributed by atoms with Crippen molar-refractivity contribution in [2.75, 3.05) is 31.1 Å². The summed E-state index contributed by atoms with van der Waals surface area (Å²) < 4.78 is 14.1. The number of nitrogens with one attached hydrogen (secondary N) is 1. The Morgan fingerprint density at radius 3 is 2.61 bits per heavy atom. The molecule has 0 aromatic heterocycles. The molecule has 102 valence electrons. The van der Waals surface area contributed by atoms with Gasteiger partial charge in [-0.05, 0) is 38.1 Å². The average molecular weight is 254 g/mol. The first kappa shape index (κ1) is 14.9. The number of hydrogen-bond donors (Lipinski definition) is 2. The van der Waals surface area contributed by atoms with Crippen molar-refractivity contribution in [2.24, 2.45) is 0 Å². The first-order chi connectivity index (χ1) is 8.63. The van der Waals surface area contributed by atoms with Crippen LogP contribution in [0.4, 0.5) is 10.1 Å². The summed E-state index contributed by atoms with van der Waals surface area (Å²) in [7, 11) is 0. The highest BCUT2D eigenvalue weighted by Gasteiger charge is 2.12. The predicted octanol–water partition coefficient (Wildman–Crippen LogP) is 2.31. The Balaban J connectivity index is 2.90. The summed E-state index contributed by atoms with van der Waals surface area (Å²) in [5, 5.41) is 12.2. The van der Waals surface area contributed by atoms with Gasteiger partial charge in [0, 0.05) is 19.1 Å². The molecule has 18 heavy (non-hydrogen) atoms. The van der Waals surface area contributed by atoms with Crippen molar-refractivity contribution in [1.82, 2.24) is 5.32 Å². The van der Waals surface area contributed by atoms with Crippen LogP contribution in [0.5, 0.6) is 0 Å². The van der Waals surface area contributed by atoms with Crippen molar-refractivity contribution >= 4 is 5.69 Å². The number of nitrogens with zero attached hydrogens (tertiary/aromatic N) is 1. The second-order valence-electron chi connectivity index (χ2n) is 4.29. The molecule has 4 heteroatoms. The fourth-order valence-electron chi connectivity index (χ4n) is 2.04. The van der Waals surface area contributed by atoms with E-state index in [-0.39, 0.29) is 18.5 Å². The fraction of sp³-hybridized carbons (Fsp3) is 0.571.